The van der Waals surface area contributed by atoms with Crippen LogP contribution in [0.3, 0.4) is 0 Å². The lowest BCUT2D eigenvalue weighted by Crippen LogP contribution is -2.36. The van der Waals surface area contributed by atoms with E-state index in [1.165, 1.54) is 38.2 Å². The van der Waals surface area contributed by atoms with Crippen LogP contribution in [0.1, 0.15) is 19.8 Å². The molecule has 2 heteroatoms. The SMILES string of the molecule is CC1CCN(CCNc2ccccc2)CC1. The lowest BCUT2D eigenvalue weighted by Gasteiger charge is -2.30. The molecule has 1 aliphatic rings. The van der Waals surface area contributed by atoms with Gasteiger partial charge in [-0.15, -0.1) is 0 Å². The van der Waals surface area contributed by atoms with Crippen LogP contribution in [0.15, 0.2) is 30.3 Å². The van der Waals surface area contributed by atoms with Gasteiger partial charge >= 0.3 is 0 Å². The molecule has 0 atom stereocenters. The van der Waals surface area contributed by atoms with Gasteiger partial charge in [-0.1, -0.05) is 25.1 Å². The van der Waals surface area contributed by atoms with E-state index < -0.39 is 0 Å². The predicted molar refractivity (Wildman–Crippen MR) is 69.8 cm³/mol. The number of piperidine rings is 1. The van der Waals surface area contributed by atoms with Gasteiger partial charge in [0, 0.05) is 18.8 Å². The van der Waals surface area contributed by atoms with Crippen LogP contribution in [0.25, 0.3) is 0 Å². The molecule has 2 nitrogen and oxygen atoms in total. The molecule has 1 fully saturated rings. The minimum atomic E-state index is 0.929. The Hall–Kier alpha value is -1.02. The Morgan fingerprint density at radius 1 is 1.19 bits per heavy atom. The molecule has 0 aromatic heterocycles. The Morgan fingerprint density at radius 3 is 2.56 bits per heavy atom. The normalized spacial score (nSPS) is 18.6. The number of likely N-dealkylation sites (tertiary alicyclic amines) is 1. The second-order valence-corrected chi connectivity index (χ2v) is 4.82. The highest BCUT2D eigenvalue weighted by atomic mass is 15.1. The Kier molecular flexibility index (Phi) is 4.23. The molecular weight excluding hydrogens is 196 g/mol. The third-order valence-corrected chi connectivity index (χ3v) is 3.41. The molecule has 1 aliphatic heterocycles. The molecular formula is C14H22N2. The Balaban J connectivity index is 1.65. The van der Waals surface area contributed by atoms with Gasteiger partial charge in [-0.3, -0.25) is 0 Å². The minimum absolute atomic E-state index is 0.929. The van der Waals surface area contributed by atoms with E-state index in [1.807, 2.05) is 0 Å². The number of anilines is 1. The van der Waals surface area contributed by atoms with Crippen LogP contribution < -0.4 is 5.32 Å². The molecule has 1 N–H and O–H groups in total. The fourth-order valence-electron chi connectivity index (χ4n) is 2.20. The van der Waals surface area contributed by atoms with E-state index in [2.05, 4.69) is 47.5 Å². The number of nitrogens with one attached hydrogen (secondary N) is 1. The van der Waals surface area contributed by atoms with Crippen molar-refractivity contribution in [2.45, 2.75) is 19.8 Å². The number of hydrogen-bond acceptors (Lipinski definition) is 2. The summed E-state index contributed by atoms with van der Waals surface area (Å²) in [5.41, 5.74) is 1.23. The summed E-state index contributed by atoms with van der Waals surface area (Å²) in [7, 11) is 0. The molecule has 0 bridgehead atoms. The lowest BCUT2D eigenvalue weighted by atomic mass is 9.99. The van der Waals surface area contributed by atoms with Crippen molar-refractivity contribution < 1.29 is 0 Å². The molecule has 1 aromatic rings. The molecule has 16 heavy (non-hydrogen) atoms. The quantitative estimate of drug-likeness (QED) is 0.836. The van der Waals surface area contributed by atoms with E-state index in [-0.39, 0.29) is 0 Å². The second kappa shape index (κ2) is 5.90. The standard InChI is InChI=1S/C14H22N2/c1-13-7-10-16(11-8-13)12-9-15-14-5-3-2-4-6-14/h2-6,13,15H,7-12H2,1H3. The maximum atomic E-state index is 3.46. The highest BCUT2D eigenvalue weighted by Gasteiger charge is 2.14. The molecule has 2 rings (SSSR count). The molecule has 1 saturated heterocycles. The van der Waals surface area contributed by atoms with Crippen LogP contribution in [0, 0.1) is 5.92 Å². The summed E-state index contributed by atoms with van der Waals surface area (Å²) >= 11 is 0. The van der Waals surface area contributed by atoms with Gasteiger partial charge in [-0.25, -0.2) is 0 Å². The van der Waals surface area contributed by atoms with Crippen molar-refractivity contribution in [3.05, 3.63) is 30.3 Å². The van der Waals surface area contributed by atoms with Crippen LogP contribution >= 0.6 is 0 Å². The van der Waals surface area contributed by atoms with E-state index in [0.717, 1.165) is 12.5 Å². The second-order valence-electron chi connectivity index (χ2n) is 4.82. The highest BCUT2D eigenvalue weighted by Crippen LogP contribution is 2.15. The van der Waals surface area contributed by atoms with Gasteiger partial charge in [0.2, 0.25) is 0 Å². The van der Waals surface area contributed by atoms with Gasteiger partial charge in [0.05, 0.1) is 0 Å². The smallest absolute Gasteiger partial charge is 0.0340 e. The summed E-state index contributed by atoms with van der Waals surface area (Å²) in [5, 5.41) is 3.46. The summed E-state index contributed by atoms with van der Waals surface area (Å²) in [6.07, 6.45) is 2.73. The van der Waals surface area contributed by atoms with Crippen LogP contribution in [0.2, 0.25) is 0 Å². The fraction of sp³-hybridized carbons (Fsp3) is 0.571. The van der Waals surface area contributed by atoms with Gasteiger partial charge in [-0.2, -0.15) is 0 Å². The van der Waals surface area contributed by atoms with Crippen molar-refractivity contribution in [3.63, 3.8) is 0 Å². The van der Waals surface area contributed by atoms with E-state index in [9.17, 15) is 0 Å². The molecule has 88 valence electrons. The largest absolute Gasteiger partial charge is 0.384 e. The van der Waals surface area contributed by atoms with Gasteiger partial charge in [-0.05, 0) is 44.0 Å². The van der Waals surface area contributed by atoms with Crippen LogP contribution in [-0.2, 0) is 0 Å². The molecule has 0 radical (unpaired) electrons. The molecule has 0 aliphatic carbocycles. The molecule has 1 heterocycles. The monoisotopic (exact) mass is 218 g/mol. The first-order valence-corrected chi connectivity index (χ1v) is 6.36. The Bertz CT molecular complexity index is 289. The van der Waals surface area contributed by atoms with Crippen LogP contribution in [-0.4, -0.2) is 31.1 Å². The summed E-state index contributed by atoms with van der Waals surface area (Å²) in [6, 6.07) is 10.4. The van der Waals surface area contributed by atoms with Crippen molar-refractivity contribution in [2.24, 2.45) is 5.92 Å². The zero-order valence-electron chi connectivity index (χ0n) is 10.2. The van der Waals surface area contributed by atoms with Gasteiger partial charge < -0.3 is 10.2 Å². The minimum Gasteiger partial charge on any atom is -0.384 e. The Morgan fingerprint density at radius 2 is 1.88 bits per heavy atom. The summed E-state index contributed by atoms with van der Waals surface area (Å²) in [6.45, 7) is 7.13. The average Bonchev–Trinajstić information content (AvgIpc) is 2.33. The van der Waals surface area contributed by atoms with Crippen LogP contribution in [0.5, 0.6) is 0 Å². The van der Waals surface area contributed by atoms with Gasteiger partial charge in [0.25, 0.3) is 0 Å². The molecule has 0 unspecified atom stereocenters. The molecule has 0 spiro atoms. The summed E-state index contributed by atoms with van der Waals surface area (Å²) in [5.74, 6) is 0.929. The van der Waals surface area contributed by atoms with Crippen molar-refractivity contribution >= 4 is 5.69 Å². The average molecular weight is 218 g/mol. The first-order chi connectivity index (χ1) is 7.84. The lowest BCUT2D eigenvalue weighted by molar-refractivity contribution is 0.199. The van der Waals surface area contributed by atoms with Gasteiger partial charge in [0.1, 0.15) is 0 Å². The van der Waals surface area contributed by atoms with E-state index in [1.54, 1.807) is 0 Å². The maximum absolute atomic E-state index is 3.46. The molecule has 0 saturated carbocycles. The van der Waals surface area contributed by atoms with Crippen molar-refractivity contribution in [2.75, 3.05) is 31.5 Å². The fourth-order valence-corrected chi connectivity index (χ4v) is 2.20. The molecule has 0 amide bonds. The van der Waals surface area contributed by atoms with Crippen LogP contribution in [0.4, 0.5) is 5.69 Å². The number of nitrogens with zero attached hydrogens (tertiary/aromatic N) is 1. The number of para-hydroxylation sites is 1. The number of hydrogen-bond donors (Lipinski definition) is 1. The predicted octanol–water partition coefficient (Wildman–Crippen LogP) is 2.83. The van der Waals surface area contributed by atoms with E-state index in [0.29, 0.717) is 0 Å². The van der Waals surface area contributed by atoms with Crippen molar-refractivity contribution in [1.82, 2.24) is 4.90 Å². The topological polar surface area (TPSA) is 15.3 Å². The molecule has 1 aromatic carbocycles. The zero-order chi connectivity index (χ0) is 11.2. The maximum Gasteiger partial charge on any atom is 0.0340 e. The Labute approximate surface area is 98.7 Å². The highest BCUT2D eigenvalue weighted by molar-refractivity contribution is 5.42. The zero-order valence-corrected chi connectivity index (χ0v) is 10.2. The number of rotatable bonds is 4. The number of benzene rings is 1. The third-order valence-electron chi connectivity index (χ3n) is 3.41. The first-order valence-electron chi connectivity index (χ1n) is 6.36. The van der Waals surface area contributed by atoms with Crippen molar-refractivity contribution in [1.29, 1.82) is 0 Å². The van der Waals surface area contributed by atoms with E-state index in [4.69, 9.17) is 0 Å². The summed E-state index contributed by atoms with van der Waals surface area (Å²) < 4.78 is 0. The van der Waals surface area contributed by atoms with Crippen molar-refractivity contribution in [3.8, 4) is 0 Å². The van der Waals surface area contributed by atoms with Gasteiger partial charge in [0.15, 0.2) is 0 Å². The summed E-state index contributed by atoms with van der Waals surface area (Å²) in [4.78, 5) is 2.57. The van der Waals surface area contributed by atoms with E-state index >= 15 is 0 Å². The first kappa shape index (κ1) is 11.5. The third kappa shape index (κ3) is 3.53.